The van der Waals surface area contributed by atoms with E-state index in [1.165, 1.54) is 18.5 Å². The Labute approximate surface area is 178 Å². The third-order valence-corrected chi connectivity index (χ3v) is 6.12. The number of nitrogens with one attached hydrogen (secondary N) is 1. The number of rotatable bonds is 4. The highest BCUT2D eigenvalue weighted by molar-refractivity contribution is 5.98. The summed E-state index contributed by atoms with van der Waals surface area (Å²) in [6.07, 6.45) is 10.8. The number of hydrogen-bond acceptors (Lipinski definition) is 4. The zero-order valence-corrected chi connectivity index (χ0v) is 17.2. The first-order chi connectivity index (χ1) is 15.1. The summed E-state index contributed by atoms with van der Waals surface area (Å²) in [5.41, 5.74) is 3.22. The number of aromatic nitrogens is 5. The van der Waals surface area contributed by atoms with Gasteiger partial charge in [0, 0.05) is 41.9 Å². The van der Waals surface area contributed by atoms with Crippen LogP contribution in [0.5, 0.6) is 0 Å². The van der Waals surface area contributed by atoms with Crippen LogP contribution in [0.3, 0.4) is 0 Å². The summed E-state index contributed by atoms with van der Waals surface area (Å²) in [6.45, 7) is 0. The Balaban J connectivity index is 1.22. The van der Waals surface area contributed by atoms with Gasteiger partial charge in [-0.3, -0.25) is 9.48 Å². The Morgan fingerprint density at radius 2 is 2.00 bits per heavy atom. The molecular formula is C23H23FN6O. The fraction of sp³-hybridized carbons (Fsp3) is 0.304. The van der Waals surface area contributed by atoms with Crippen molar-refractivity contribution in [2.75, 3.05) is 0 Å². The SMILES string of the molecule is Cn1c(C(=O)NC2CCC(n3cc(-c4ccncn4)cn3)CC2)cc2cc(F)ccc21. The van der Waals surface area contributed by atoms with Crippen LogP contribution >= 0.6 is 0 Å². The van der Waals surface area contributed by atoms with Crippen molar-refractivity contribution in [3.63, 3.8) is 0 Å². The van der Waals surface area contributed by atoms with E-state index in [-0.39, 0.29) is 17.8 Å². The third-order valence-electron chi connectivity index (χ3n) is 6.12. The molecule has 1 saturated carbocycles. The van der Waals surface area contributed by atoms with Gasteiger partial charge >= 0.3 is 0 Å². The summed E-state index contributed by atoms with van der Waals surface area (Å²) in [4.78, 5) is 21.1. The van der Waals surface area contributed by atoms with Crippen molar-refractivity contribution in [1.82, 2.24) is 29.6 Å². The fourth-order valence-corrected chi connectivity index (χ4v) is 4.41. The molecule has 1 aliphatic carbocycles. The first kappa shape index (κ1) is 19.4. The van der Waals surface area contributed by atoms with Crippen molar-refractivity contribution in [2.24, 2.45) is 7.05 Å². The van der Waals surface area contributed by atoms with Crippen LogP contribution in [0.1, 0.15) is 42.2 Å². The standard InChI is InChI=1S/C23H23FN6O/c1-29-21-7-2-17(24)10-15(21)11-22(29)23(31)28-18-3-5-19(6-4-18)30-13-16(12-27-30)20-8-9-25-14-26-20/h2,7-14,18-19H,3-6H2,1H3,(H,28,31). The van der Waals surface area contributed by atoms with Gasteiger partial charge in [-0.05, 0) is 56.0 Å². The number of aryl methyl sites for hydroxylation is 1. The number of amides is 1. The van der Waals surface area contributed by atoms with Crippen LogP contribution in [-0.2, 0) is 7.05 Å². The normalized spacial score (nSPS) is 18.9. The van der Waals surface area contributed by atoms with E-state index in [0.717, 1.165) is 47.8 Å². The van der Waals surface area contributed by atoms with Crippen molar-refractivity contribution < 1.29 is 9.18 Å². The van der Waals surface area contributed by atoms with Gasteiger partial charge in [-0.1, -0.05) is 0 Å². The number of halogens is 1. The minimum Gasteiger partial charge on any atom is -0.348 e. The molecule has 31 heavy (non-hydrogen) atoms. The van der Waals surface area contributed by atoms with E-state index < -0.39 is 0 Å². The van der Waals surface area contributed by atoms with Crippen molar-refractivity contribution in [3.8, 4) is 11.3 Å². The van der Waals surface area contributed by atoms with Crippen molar-refractivity contribution in [1.29, 1.82) is 0 Å². The Hall–Kier alpha value is -3.55. The molecular weight excluding hydrogens is 395 g/mol. The second-order valence-corrected chi connectivity index (χ2v) is 8.07. The second kappa shape index (κ2) is 7.94. The molecule has 4 aromatic rings. The first-order valence-corrected chi connectivity index (χ1v) is 10.4. The molecule has 1 aromatic carbocycles. The largest absolute Gasteiger partial charge is 0.348 e. The molecule has 0 bridgehead atoms. The van der Waals surface area contributed by atoms with E-state index in [2.05, 4.69) is 20.4 Å². The average Bonchev–Trinajstić information content (AvgIpc) is 3.40. The molecule has 1 amide bonds. The predicted molar refractivity (Wildman–Crippen MR) is 115 cm³/mol. The van der Waals surface area contributed by atoms with E-state index in [9.17, 15) is 9.18 Å². The van der Waals surface area contributed by atoms with Gasteiger partial charge in [0.05, 0.1) is 17.9 Å². The molecule has 0 aliphatic heterocycles. The Morgan fingerprint density at radius 1 is 1.16 bits per heavy atom. The molecule has 0 radical (unpaired) electrons. The Morgan fingerprint density at radius 3 is 2.77 bits per heavy atom. The number of benzene rings is 1. The van der Waals surface area contributed by atoms with Gasteiger partial charge in [0.25, 0.3) is 5.91 Å². The van der Waals surface area contributed by atoms with Crippen LogP contribution in [0, 0.1) is 5.82 Å². The Bertz CT molecular complexity index is 1220. The maximum absolute atomic E-state index is 13.5. The maximum atomic E-state index is 13.5. The first-order valence-electron chi connectivity index (χ1n) is 10.4. The summed E-state index contributed by atoms with van der Waals surface area (Å²) in [6, 6.07) is 8.62. The highest BCUT2D eigenvalue weighted by atomic mass is 19.1. The smallest absolute Gasteiger partial charge is 0.268 e. The van der Waals surface area contributed by atoms with Gasteiger partial charge in [0.1, 0.15) is 17.8 Å². The zero-order valence-electron chi connectivity index (χ0n) is 17.2. The maximum Gasteiger partial charge on any atom is 0.268 e. The molecule has 0 unspecified atom stereocenters. The number of carbonyl (C=O) groups excluding carboxylic acids is 1. The van der Waals surface area contributed by atoms with E-state index >= 15 is 0 Å². The quantitative estimate of drug-likeness (QED) is 0.546. The molecule has 1 N–H and O–H groups in total. The summed E-state index contributed by atoms with van der Waals surface area (Å²) in [5.74, 6) is -0.419. The minimum atomic E-state index is -0.301. The van der Waals surface area contributed by atoms with E-state index in [1.54, 1.807) is 18.3 Å². The number of nitrogens with zero attached hydrogens (tertiary/aromatic N) is 5. The van der Waals surface area contributed by atoms with Crippen LogP contribution < -0.4 is 5.32 Å². The van der Waals surface area contributed by atoms with Crippen LogP contribution in [0.25, 0.3) is 22.2 Å². The molecule has 0 saturated heterocycles. The topological polar surface area (TPSA) is 77.6 Å². The number of fused-ring (bicyclic) bond motifs is 1. The second-order valence-electron chi connectivity index (χ2n) is 8.07. The highest BCUT2D eigenvalue weighted by Crippen LogP contribution is 2.30. The van der Waals surface area contributed by atoms with Crippen LogP contribution in [0.4, 0.5) is 4.39 Å². The lowest BCUT2D eigenvalue weighted by molar-refractivity contribution is 0.0914. The van der Waals surface area contributed by atoms with Gasteiger partial charge < -0.3 is 9.88 Å². The van der Waals surface area contributed by atoms with Gasteiger partial charge in [-0.2, -0.15) is 5.10 Å². The van der Waals surface area contributed by atoms with E-state index in [4.69, 9.17) is 0 Å². The summed E-state index contributed by atoms with van der Waals surface area (Å²) in [5, 5.41) is 8.41. The molecule has 0 spiro atoms. The van der Waals surface area contributed by atoms with Crippen LogP contribution in [0.2, 0.25) is 0 Å². The summed E-state index contributed by atoms with van der Waals surface area (Å²) >= 11 is 0. The number of hydrogen-bond donors (Lipinski definition) is 1. The summed E-state index contributed by atoms with van der Waals surface area (Å²) < 4.78 is 17.3. The molecule has 8 heteroatoms. The molecule has 3 aromatic heterocycles. The molecule has 7 nitrogen and oxygen atoms in total. The monoisotopic (exact) mass is 418 g/mol. The van der Waals surface area contributed by atoms with Gasteiger partial charge in [0.15, 0.2) is 0 Å². The third kappa shape index (κ3) is 3.81. The molecule has 0 atom stereocenters. The van der Waals surface area contributed by atoms with Crippen molar-refractivity contribution >= 4 is 16.8 Å². The van der Waals surface area contributed by atoms with E-state index in [0.29, 0.717) is 11.7 Å². The minimum absolute atomic E-state index is 0.118. The van der Waals surface area contributed by atoms with Crippen molar-refractivity contribution in [3.05, 3.63) is 66.8 Å². The average molecular weight is 418 g/mol. The van der Waals surface area contributed by atoms with Crippen LogP contribution in [0.15, 0.2) is 55.2 Å². The molecule has 158 valence electrons. The lowest BCUT2D eigenvalue weighted by atomic mass is 9.91. The predicted octanol–water partition coefficient (Wildman–Crippen LogP) is 3.88. The zero-order chi connectivity index (χ0) is 21.4. The van der Waals surface area contributed by atoms with Crippen molar-refractivity contribution in [2.45, 2.75) is 37.8 Å². The van der Waals surface area contributed by atoms with Gasteiger partial charge in [0.2, 0.25) is 0 Å². The Kier molecular flexibility index (Phi) is 4.97. The lowest BCUT2D eigenvalue weighted by Crippen LogP contribution is -2.38. The van der Waals surface area contributed by atoms with Crippen LogP contribution in [-0.4, -0.2) is 36.3 Å². The van der Waals surface area contributed by atoms with Gasteiger partial charge in [-0.15, -0.1) is 0 Å². The molecule has 1 aliphatic rings. The molecule has 1 fully saturated rings. The molecule has 3 heterocycles. The summed E-state index contributed by atoms with van der Waals surface area (Å²) in [7, 11) is 1.83. The lowest BCUT2D eigenvalue weighted by Gasteiger charge is -2.29. The van der Waals surface area contributed by atoms with Gasteiger partial charge in [-0.25, -0.2) is 14.4 Å². The number of carbonyl (C=O) groups is 1. The molecule has 5 rings (SSSR count). The van der Waals surface area contributed by atoms with E-state index in [1.807, 2.05) is 34.8 Å². The fourth-order valence-electron chi connectivity index (χ4n) is 4.41. The highest BCUT2D eigenvalue weighted by Gasteiger charge is 2.25.